The van der Waals surface area contributed by atoms with Crippen LogP contribution in [-0.2, 0) is 13.0 Å². The molecule has 2 aromatic heterocycles. The highest BCUT2D eigenvalue weighted by Crippen LogP contribution is 2.14. The molecule has 0 fully saturated rings. The summed E-state index contributed by atoms with van der Waals surface area (Å²) >= 11 is 0. The van der Waals surface area contributed by atoms with Crippen LogP contribution in [0.5, 0.6) is 5.75 Å². The first-order valence-electron chi connectivity index (χ1n) is 6.45. The summed E-state index contributed by atoms with van der Waals surface area (Å²) in [7, 11) is 1.64. The van der Waals surface area contributed by atoms with Crippen molar-refractivity contribution in [1.29, 1.82) is 0 Å². The van der Waals surface area contributed by atoms with E-state index in [1.807, 2.05) is 24.3 Å². The van der Waals surface area contributed by atoms with Gasteiger partial charge in [0.05, 0.1) is 19.0 Å². The maximum absolute atomic E-state index is 5.60. The maximum atomic E-state index is 5.60. The average Bonchev–Trinajstić information content (AvgIpc) is 3.09. The second-order valence-corrected chi connectivity index (χ2v) is 4.60. The quantitative estimate of drug-likeness (QED) is 0.763. The van der Waals surface area contributed by atoms with E-state index in [-0.39, 0.29) is 0 Å². The van der Waals surface area contributed by atoms with Crippen molar-refractivity contribution in [2.24, 2.45) is 0 Å². The first kappa shape index (κ1) is 13.2. The highest BCUT2D eigenvalue weighted by Gasteiger charge is 2.08. The van der Waals surface area contributed by atoms with E-state index < -0.39 is 0 Å². The number of rotatable bonds is 5. The van der Waals surface area contributed by atoms with Gasteiger partial charge in [-0.3, -0.25) is 4.68 Å². The summed E-state index contributed by atoms with van der Waals surface area (Å²) in [5.74, 6) is 1.96. The fourth-order valence-electron chi connectivity index (χ4n) is 1.96. The fraction of sp³-hybridized carbons (Fsp3) is 0.214. The first-order valence-corrected chi connectivity index (χ1v) is 6.45. The van der Waals surface area contributed by atoms with E-state index in [1.165, 1.54) is 0 Å². The summed E-state index contributed by atoms with van der Waals surface area (Å²) < 4.78 is 12.0. The number of aromatic nitrogens is 4. The summed E-state index contributed by atoms with van der Waals surface area (Å²) in [6.45, 7) is 0.410. The first-order chi connectivity index (χ1) is 10.2. The Morgan fingerprint density at radius 2 is 2.10 bits per heavy atom. The number of ether oxygens (including phenoxy) is 1. The molecule has 108 valence electrons. The molecule has 0 unspecified atom stereocenters. The van der Waals surface area contributed by atoms with Crippen LogP contribution in [0.25, 0.3) is 0 Å². The molecule has 0 amide bonds. The van der Waals surface area contributed by atoms with Crippen LogP contribution >= 0.6 is 0 Å². The zero-order valence-electron chi connectivity index (χ0n) is 11.6. The number of hydrogen-bond donors (Lipinski definition) is 1. The van der Waals surface area contributed by atoms with Crippen molar-refractivity contribution in [2.45, 2.75) is 13.0 Å². The van der Waals surface area contributed by atoms with Crippen LogP contribution in [0.15, 0.2) is 41.2 Å². The van der Waals surface area contributed by atoms with E-state index >= 15 is 0 Å². The highest BCUT2D eigenvalue weighted by molar-refractivity contribution is 5.30. The number of hydrogen-bond acceptors (Lipinski definition) is 6. The fourth-order valence-corrected chi connectivity index (χ4v) is 1.96. The van der Waals surface area contributed by atoms with Crippen molar-refractivity contribution >= 4 is 5.69 Å². The molecule has 0 aliphatic carbocycles. The van der Waals surface area contributed by atoms with Crippen LogP contribution in [0.3, 0.4) is 0 Å². The van der Waals surface area contributed by atoms with Gasteiger partial charge < -0.3 is 15.0 Å². The monoisotopic (exact) mass is 285 g/mol. The van der Waals surface area contributed by atoms with Gasteiger partial charge in [0.1, 0.15) is 12.3 Å². The van der Waals surface area contributed by atoms with E-state index in [9.17, 15) is 0 Å². The predicted octanol–water partition coefficient (Wildman–Crippen LogP) is 1.50. The smallest absolute Gasteiger partial charge is 0.248 e. The van der Waals surface area contributed by atoms with Gasteiger partial charge in [0.2, 0.25) is 5.89 Å². The third-order valence-corrected chi connectivity index (χ3v) is 2.98. The van der Waals surface area contributed by atoms with E-state index in [1.54, 1.807) is 24.2 Å². The number of anilines is 1. The van der Waals surface area contributed by atoms with Crippen molar-refractivity contribution in [1.82, 2.24) is 19.9 Å². The molecule has 0 radical (unpaired) electrons. The Morgan fingerprint density at radius 1 is 1.29 bits per heavy atom. The Bertz CT molecular complexity index is 717. The molecule has 3 aromatic rings. The van der Waals surface area contributed by atoms with Crippen molar-refractivity contribution < 1.29 is 9.26 Å². The largest absolute Gasteiger partial charge is 0.497 e. The van der Waals surface area contributed by atoms with Crippen molar-refractivity contribution in [3.63, 3.8) is 0 Å². The van der Waals surface area contributed by atoms with Crippen LogP contribution in [-0.4, -0.2) is 27.0 Å². The minimum atomic E-state index is 0.410. The average molecular weight is 285 g/mol. The van der Waals surface area contributed by atoms with Crippen molar-refractivity contribution in [3.05, 3.63) is 53.9 Å². The van der Waals surface area contributed by atoms with E-state index in [0.29, 0.717) is 30.4 Å². The minimum absolute atomic E-state index is 0.410. The highest BCUT2D eigenvalue weighted by atomic mass is 16.5. The molecule has 0 saturated carbocycles. The van der Waals surface area contributed by atoms with Crippen LogP contribution in [0, 0.1) is 0 Å². The van der Waals surface area contributed by atoms with E-state index in [2.05, 4.69) is 15.2 Å². The number of nitrogens with two attached hydrogens (primary N) is 1. The number of benzene rings is 1. The number of nitrogen functional groups attached to an aromatic ring is 1. The molecular weight excluding hydrogens is 270 g/mol. The lowest BCUT2D eigenvalue weighted by Crippen LogP contribution is -2.00. The summed E-state index contributed by atoms with van der Waals surface area (Å²) in [5, 5.41) is 8.04. The van der Waals surface area contributed by atoms with Crippen LogP contribution in [0.1, 0.15) is 17.3 Å². The second kappa shape index (κ2) is 5.66. The van der Waals surface area contributed by atoms with Crippen LogP contribution in [0.4, 0.5) is 5.69 Å². The molecule has 0 spiro atoms. The lowest BCUT2D eigenvalue weighted by atomic mass is 10.1. The molecule has 0 aliphatic rings. The van der Waals surface area contributed by atoms with Gasteiger partial charge in [-0.1, -0.05) is 17.3 Å². The molecule has 2 N–H and O–H groups in total. The maximum Gasteiger partial charge on any atom is 0.248 e. The third-order valence-electron chi connectivity index (χ3n) is 2.98. The van der Waals surface area contributed by atoms with Gasteiger partial charge >= 0.3 is 0 Å². The lowest BCUT2D eigenvalue weighted by Gasteiger charge is -2.00. The third kappa shape index (κ3) is 3.19. The normalized spacial score (nSPS) is 10.7. The number of nitrogens with zero attached hydrogens (tertiary/aromatic N) is 4. The molecule has 3 rings (SSSR count). The molecule has 0 saturated heterocycles. The standard InChI is InChI=1S/C14H15N5O2/c1-20-12-4-2-10(3-5-12)6-13-17-14(21-18-13)9-19-8-11(15)7-16-19/h2-5,7-8H,6,9,15H2,1H3. The van der Waals surface area contributed by atoms with Crippen LogP contribution < -0.4 is 10.5 Å². The zero-order chi connectivity index (χ0) is 14.7. The Morgan fingerprint density at radius 3 is 2.76 bits per heavy atom. The molecule has 7 heteroatoms. The Balaban J connectivity index is 1.66. The van der Waals surface area contributed by atoms with E-state index in [4.69, 9.17) is 15.0 Å². The van der Waals surface area contributed by atoms with Gasteiger partial charge in [-0.15, -0.1) is 0 Å². The van der Waals surface area contributed by atoms with Gasteiger partial charge in [-0.05, 0) is 17.7 Å². The molecule has 0 aliphatic heterocycles. The van der Waals surface area contributed by atoms with E-state index in [0.717, 1.165) is 11.3 Å². The van der Waals surface area contributed by atoms with Gasteiger partial charge in [0.25, 0.3) is 0 Å². The Kier molecular flexibility index (Phi) is 3.55. The molecule has 0 atom stereocenters. The van der Waals surface area contributed by atoms with Gasteiger partial charge in [0.15, 0.2) is 5.82 Å². The van der Waals surface area contributed by atoms with Crippen LogP contribution in [0.2, 0.25) is 0 Å². The molecular formula is C14H15N5O2. The molecule has 1 aromatic carbocycles. The lowest BCUT2D eigenvalue weighted by molar-refractivity contribution is 0.362. The van der Waals surface area contributed by atoms with Gasteiger partial charge in [0, 0.05) is 12.6 Å². The van der Waals surface area contributed by atoms with Crippen molar-refractivity contribution in [2.75, 3.05) is 12.8 Å². The molecule has 21 heavy (non-hydrogen) atoms. The molecule has 2 heterocycles. The summed E-state index contributed by atoms with van der Waals surface area (Å²) in [6, 6.07) is 7.76. The van der Waals surface area contributed by atoms with Gasteiger partial charge in [-0.25, -0.2) is 0 Å². The molecule has 7 nitrogen and oxygen atoms in total. The summed E-state index contributed by atoms with van der Waals surface area (Å²) in [6.07, 6.45) is 3.90. The zero-order valence-corrected chi connectivity index (χ0v) is 11.6. The Labute approximate surface area is 121 Å². The molecule has 0 bridgehead atoms. The SMILES string of the molecule is COc1ccc(Cc2noc(Cn3cc(N)cn3)n2)cc1. The predicted molar refractivity (Wildman–Crippen MR) is 75.8 cm³/mol. The Hall–Kier alpha value is -2.83. The summed E-state index contributed by atoms with van der Waals surface area (Å²) in [5.41, 5.74) is 7.30. The van der Waals surface area contributed by atoms with Crippen molar-refractivity contribution in [3.8, 4) is 5.75 Å². The van der Waals surface area contributed by atoms with Gasteiger partial charge in [-0.2, -0.15) is 10.1 Å². The topological polar surface area (TPSA) is 92.0 Å². The summed E-state index contributed by atoms with van der Waals surface area (Å²) in [4.78, 5) is 4.34. The minimum Gasteiger partial charge on any atom is -0.497 e. The number of methoxy groups -OCH3 is 1. The second-order valence-electron chi connectivity index (χ2n) is 4.60.